The maximum absolute atomic E-state index is 13.9. The van der Waals surface area contributed by atoms with Crippen LogP contribution in [0.4, 0.5) is 15.8 Å². The van der Waals surface area contributed by atoms with Crippen molar-refractivity contribution >= 4 is 22.4 Å². The van der Waals surface area contributed by atoms with Crippen LogP contribution in [0, 0.1) is 12.7 Å². The average molecular weight is 314 g/mol. The monoisotopic (exact) mass is 314 g/mol. The number of anilines is 2. The largest absolute Gasteiger partial charge is 0.352 e. The van der Waals surface area contributed by atoms with Crippen LogP contribution in [0.5, 0.6) is 0 Å². The van der Waals surface area contributed by atoms with Crippen LogP contribution < -0.4 is 16.6 Å². The molecule has 3 aromatic rings. The topological polar surface area (TPSA) is 68.9 Å². The third kappa shape index (κ3) is 2.30. The van der Waals surface area contributed by atoms with E-state index in [0.29, 0.717) is 11.3 Å². The van der Waals surface area contributed by atoms with Crippen molar-refractivity contribution < 1.29 is 4.39 Å². The number of benzene rings is 1. The number of rotatable bonds is 2. The smallest absolute Gasteiger partial charge is 0.332 e. The first kappa shape index (κ1) is 15.0. The van der Waals surface area contributed by atoms with Crippen molar-refractivity contribution in [3.05, 3.63) is 62.7 Å². The predicted molar refractivity (Wildman–Crippen MR) is 86.6 cm³/mol. The Hall–Kier alpha value is -2.96. The minimum absolute atomic E-state index is 0.248. The Morgan fingerprint density at radius 3 is 2.52 bits per heavy atom. The highest BCUT2D eigenvalue weighted by Crippen LogP contribution is 2.26. The van der Waals surface area contributed by atoms with Gasteiger partial charge in [0.25, 0.3) is 5.56 Å². The highest BCUT2D eigenvalue weighted by molar-refractivity contribution is 5.92. The summed E-state index contributed by atoms with van der Waals surface area (Å²) in [6.07, 6.45) is 1.55. The van der Waals surface area contributed by atoms with Gasteiger partial charge in [0, 0.05) is 20.3 Å². The van der Waals surface area contributed by atoms with Crippen molar-refractivity contribution in [3.8, 4) is 0 Å². The predicted octanol–water partition coefficient (Wildman–Crippen LogP) is 1.82. The van der Waals surface area contributed by atoms with Gasteiger partial charge in [0.2, 0.25) is 0 Å². The quantitative estimate of drug-likeness (QED) is 0.783. The van der Waals surface area contributed by atoms with E-state index in [4.69, 9.17) is 0 Å². The molecule has 0 aliphatic carbocycles. The summed E-state index contributed by atoms with van der Waals surface area (Å²) in [5.41, 5.74) is 0.684. The molecule has 0 fully saturated rings. The number of aryl methyl sites for hydroxylation is 2. The molecule has 1 aromatic carbocycles. The van der Waals surface area contributed by atoms with E-state index in [1.807, 2.05) is 0 Å². The van der Waals surface area contributed by atoms with Crippen LogP contribution in [0.1, 0.15) is 5.56 Å². The third-order valence-corrected chi connectivity index (χ3v) is 3.79. The summed E-state index contributed by atoms with van der Waals surface area (Å²) >= 11 is 0. The lowest BCUT2D eigenvalue weighted by Crippen LogP contribution is -2.37. The summed E-state index contributed by atoms with van der Waals surface area (Å²) in [6.45, 7) is 1.76. The lowest BCUT2D eigenvalue weighted by Gasteiger charge is -2.14. The Morgan fingerprint density at radius 1 is 1.13 bits per heavy atom. The summed E-state index contributed by atoms with van der Waals surface area (Å²) < 4.78 is 16.2. The molecule has 0 saturated carbocycles. The van der Waals surface area contributed by atoms with Gasteiger partial charge in [0.05, 0.1) is 11.4 Å². The number of nitrogens with one attached hydrogen (secondary N) is 1. The van der Waals surface area contributed by atoms with E-state index in [1.165, 1.54) is 17.7 Å². The Bertz CT molecular complexity index is 1040. The zero-order chi connectivity index (χ0) is 16.7. The van der Waals surface area contributed by atoms with Gasteiger partial charge < -0.3 is 5.32 Å². The van der Waals surface area contributed by atoms with E-state index in [9.17, 15) is 14.0 Å². The second kappa shape index (κ2) is 5.35. The van der Waals surface area contributed by atoms with Gasteiger partial charge in [0.1, 0.15) is 11.2 Å². The minimum Gasteiger partial charge on any atom is -0.352 e. The molecular formula is C16H15FN4O2. The maximum atomic E-state index is 13.9. The third-order valence-electron chi connectivity index (χ3n) is 3.79. The molecule has 0 saturated heterocycles. The number of halogens is 1. The van der Waals surface area contributed by atoms with Gasteiger partial charge in [-0.05, 0) is 24.6 Å². The lowest BCUT2D eigenvalue weighted by atomic mass is 10.1. The van der Waals surface area contributed by atoms with E-state index in [2.05, 4.69) is 10.3 Å². The first-order chi connectivity index (χ1) is 10.9. The summed E-state index contributed by atoms with van der Waals surface area (Å²) in [7, 11) is 2.94. The molecule has 23 heavy (non-hydrogen) atoms. The summed E-state index contributed by atoms with van der Waals surface area (Å²) in [6, 6.07) is 6.18. The van der Waals surface area contributed by atoms with Crippen molar-refractivity contribution in [1.82, 2.24) is 14.1 Å². The number of nitrogens with zero attached hydrogens (tertiary/aromatic N) is 3. The van der Waals surface area contributed by atoms with Crippen molar-refractivity contribution in [2.24, 2.45) is 14.1 Å². The molecule has 0 aliphatic rings. The lowest BCUT2D eigenvalue weighted by molar-refractivity contribution is 0.632. The van der Waals surface area contributed by atoms with Gasteiger partial charge in [-0.1, -0.05) is 12.1 Å². The van der Waals surface area contributed by atoms with Crippen molar-refractivity contribution in [2.45, 2.75) is 6.92 Å². The second-order valence-corrected chi connectivity index (χ2v) is 5.33. The molecule has 0 unspecified atom stereocenters. The van der Waals surface area contributed by atoms with E-state index in [1.54, 1.807) is 38.4 Å². The standard InChI is InChI=1S/C16H15FN4O2/c1-9-8-18-14-12(15(22)21(3)16(23)20(14)2)13(9)19-11-7-5-4-6-10(11)17/h4-8H,1-3H3,(H,18,19). The summed E-state index contributed by atoms with van der Waals surface area (Å²) in [5, 5.41) is 3.20. The molecule has 6 nitrogen and oxygen atoms in total. The molecule has 2 heterocycles. The molecule has 0 radical (unpaired) electrons. The van der Waals surface area contributed by atoms with Gasteiger partial charge in [0.15, 0.2) is 5.65 Å². The zero-order valence-corrected chi connectivity index (χ0v) is 12.9. The highest BCUT2D eigenvalue weighted by atomic mass is 19.1. The van der Waals surface area contributed by atoms with Gasteiger partial charge in [-0.25, -0.2) is 14.2 Å². The Labute approximate surface area is 130 Å². The van der Waals surface area contributed by atoms with E-state index < -0.39 is 17.1 Å². The first-order valence-electron chi connectivity index (χ1n) is 6.98. The second-order valence-electron chi connectivity index (χ2n) is 5.33. The zero-order valence-electron chi connectivity index (χ0n) is 12.9. The molecule has 1 N–H and O–H groups in total. The van der Waals surface area contributed by atoms with Crippen molar-refractivity contribution in [2.75, 3.05) is 5.32 Å². The molecule has 0 amide bonds. The van der Waals surface area contributed by atoms with Crippen molar-refractivity contribution in [1.29, 1.82) is 0 Å². The van der Waals surface area contributed by atoms with Gasteiger partial charge in [-0.15, -0.1) is 0 Å². The SMILES string of the molecule is Cc1cnc2c(c1Nc1ccccc1F)c(=O)n(C)c(=O)n2C. The van der Waals surface area contributed by atoms with E-state index >= 15 is 0 Å². The molecule has 0 atom stereocenters. The molecule has 118 valence electrons. The highest BCUT2D eigenvalue weighted by Gasteiger charge is 2.16. The molecule has 0 spiro atoms. The summed E-state index contributed by atoms with van der Waals surface area (Å²) in [4.78, 5) is 28.7. The average Bonchev–Trinajstić information content (AvgIpc) is 2.54. The number of para-hydroxylation sites is 1. The van der Waals surface area contributed by atoms with Crippen LogP contribution in [-0.4, -0.2) is 14.1 Å². The van der Waals surface area contributed by atoms with Crippen LogP contribution >= 0.6 is 0 Å². The van der Waals surface area contributed by atoms with Gasteiger partial charge in [-0.3, -0.25) is 13.9 Å². The summed E-state index contributed by atoms with van der Waals surface area (Å²) in [5.74, 6) is -0.432. The van der Waals surface area contributed by atoms with E-state index in [-0.39, 0.29) is 16.7 Å². The molecular weight excluding hydrogens is 299 g/mol. The fourth-order valence-corrected chi connectivity index (χ4v) is 2.48. The minimum atomic E-state index is -0.474. The number of fused-ring (bicyclic) bond motifs is 1. The Balaban J connectivity index is 2.37. The molecule has 2 aromatic heterocycles. The number of hydrogen-bond acceptors (Lipinski definition) is 4. The van der Waals surface area contributed by atoms with Gasteiger partial charge >= 0.3 is 5.69 Å². The molecule has 3 rings (SSSR count). The first-order valence-corrected chi connectivity index (χ1v) is 6.98. The fraction of sp³-hybridized carbons (Fsp3) is 0.188. The van der Waals surface area contributed by atoms with Crippen molar-refractivity contribution in [3.63, 3.8) is 0 Å². The van der Waals surface area contributed by atoms with E-state index in [0.717, 1.165) is 4.57 Å². The van der Waals surface area contributed by atoms with Crippen LogP contribution in [-0.2, 0) is 14.1 Å². The number of hydrogen-bond donors (Lipinski definition) is 1. The molecule has 0 aliphatic heterocycles. The normalized spacial score (nSPS) is 11.0. The fourth-order valence-electron chi connectivity index (χ4n) is 2.48. The number of pyridine rings is 1. The van der Waals surface area contributed by atoms with Gasteiger partial charge in [-0.2, -0.15) is 0 Å². The Kier molecular flexibility index (Phi) is 3.48. The van der Waals surface area contributed by atoms with Crippen LogP contribution in [0.3, 0.4) is 0 Å². The maximum Gasteiger partial charge on any atom is 0.332 e. The molecule has 0 bridgehead atoms. The molecule has 7 heteroatoms. The van der Waals surface area contributed by atoms with Crippen LogP contribution in [0.25, 0.3) is 11.0 Å². The number of aromatic nitrogens is 3. The Morgan fingerprint density at radius 2 is 1.83 bits per heavy atom. The van der Waals surface area contributed by atoms with Crippen LogP contribution in [0.15, 0.2) is 40.1 Å². The van der Waals surface area contributed by atoms with Crippen LogP contribution in [0.2, 0.25) is 0 Å².